The molecule has 0 unspecified atom stereocenters. The molecule has 3 aromatic heterocycles. The van der Waals surface area contributed by atoms with Crippen LogP contribution in [0.25, 0.3) is 32.7 Å². The molecule has 0 amide bonds. The quantitative estimate of drug-likeness (QED) is 0.181. The summed E-state index contributed by atoms with van der Waals surface area (Å²) in [6.07, 6.45) is 0.712. The lowest BCUT2D eigenvalue weighted by Crippen LogP contribution is -2.41. The van der Waals surface area contributed by atoms with Gasteiger partial charge in [0.25, 0.3) is 5.56 Å². The Kier molecular flexibility index (Phi) is 7.90. The molecular formula is C32H26FN5O5S. The van der Waals surface area contributed by atoms with Crippen LogP contribution in [0.5, 0.6) is 0 Å². The summed E-state index contributed by atoms with van der Waals surface area (Å²) in [5, 5.41) is 8.31. The molecule has 1 N–H and O–H groups in total. The zero-order valence-electron chi connectivity index (χ0n) is 23.7. The third kappa shape index (κ3) is 5.54. The highest BCUT2D eigenvalue weighted by molar-refractivity contribution is 7.18. The van der Waals surface area contributed by atoms with Crippen molar-refractivity contribution in [2.75, 3.05) is 7.11 Å². The summed E-state index contributed by atoms with van der Waals surface area (Å²) >= 11 is 1.42. The van der Waals surface area contributed by atoms with E-state index in [4.69, 9.17) is 9.36 Å². The fourth-order valence-corrected chi connectivity index (χ4v) is 6.12. The van der Waals surface area contributed by atoms with Crippen LogP contribution in [0.15, 0.2) is 103 Å². The monoisotopic (exact) mass is 611 g/mol. The van der Waals surface area contributed by atoms with Crippen LogP contribution in [0.2, 0.25) is 0 Å². The molecule has 0 atom stereocenters. The molecule has 3 heterocycles. The van der Waals surface area contributed by atoms with Gasteiger partial charge in [0.1, 0.15) is 23.5 Å². The molecule has 0 aliphatic carbocycles. The molecule has 0 aliphatic rings. The van der Waals surface area contributed by atoms with Crippen molar-refractivity contribution in [1.82, 2.24) is 19.3 Å². The van der Waals surface area contributed by atoms with Crippen LogP contribution in [-0.4, -0.2) is 32.1 Å². The number of hydrogen-bond donors (Lipinski definition) is 1. The van der Waals surface area contributed by atoms with Gasteiger partial charge in [-0.1, -0.05) is 77.9 Å². The highest BCUT2D eigenvalue weighted by atomic mass is 32.1. The fraction of sp³-hybridized carbons (Fsp3) is 0.156. The fourth-order valence-electron chi connectivity index (χ4n) is 5.04. The first-order chi connectivity index (χ1) is 21.4. The first kappa shape index (κ1) is 28.7. The number of aryl methyl sites for hydroxylation is 1. The summed E-state index contributed by atoms with van der Waals surface area (Å²) in [6.45, 7) is 2.05. The molecule has 6 rings (SSSR count). The van der Waals surface area contributed by atoms with Crippen LogP contribution in [0, 0.1) is 5.82 Å². The van der Waals surface area contributed by atoms with Crippen LogP contribution in [-0.2, 0) is 24.3 Å². The number of hydrogen-bond acceptors (Lipinski definition) is 8. The Hall–Kier alpha value is -5.36. The molecule has 0 bridgehead atoms. The average Bonchev–Trinajstić information content (AvgIpc) is 3.68. The molecule has 222 valence electrons. The molecule has 3 aromatic carbocycles. The number of nitrogens with zero attached hydrogens (tertiary/aromatic N) is 4. The van der Waals surface area contributed by atoms with Gasteiger partial charge in [0.2, 0.25) is 0 Å². The van der Waals surface area contributed by atoms with E-state index in [9.17, 15) is 18.8 Å². The van der Waals surface area contributed by atoms with Crippen LogP contribution in [0.1, 0.15) is 22.9 Å². The maximum absolute atomic E-state index is 14.0. The van der Waals surface area contributed by atoms with Crippen molar-refractivity contribution in [1.29, 1.82) is 0 Å². The second-order valence-electron chi connectivity index (χ2n) is 9.96. The Labute approximate surface area is 253 Å². The van der Waals surface area contributed by atoms with Crippen molar-refractivity contribution in [3.63, 3.8) is 0 Å². The Morgan fingerprint density at radius 3 is 2.39 bits per heavy atom. The summed E-state index contributed by atoms with van der Waals surface area (Å²) in [4.78, 5) is 48.3. The lowest BCUT2D eigenvalue weighted by molar-refractivity contribution is 0.212. The van der Waals surface area contributed by atoms with E-state index >= 15 is 0 Å². The number of H-pyrrole nitrogens is 1. The third-order valence-corrected chi connectivity index (χ3v) is 8.51. The normalized spacial score (nSPS) is 11.8. The molecule has 0 spiro atoms. The van der Waals surface area contributed by atoms with E-state index in [1.165, 1.54) is 42.7 Å². The topological polar surface area (TPSA) is 124 Å². The summed E-state index contributed by atoms with van der Waals surface area (Å²) in [7, 11) is 1.37. The van der Waals surface area contributed by atoms with Gasteiger partial charge in [-0.25, -0.2) is 14.0 Å². The number of aromatic nitrogens is 4. The zero-order valence-corrected chi connectivity index (χ0v) is 24.6. The highest BCUT2D eigenvalue weighted by Gasteiger charge is 2.19. The summed E-state index contributed by atoms with van der Waals surface area (Å²) in [5.74, 6) is -0.729. The molecule has 12 heteroatoms. The van der Waals surface area contributed by atoms with E-state index in [-0.39, 0.29) is 13.1 Å². The molecule has 0 aliphatic heterocycles. The number of oxime groups is 1. The van der Waals surface area contributed by atoms with Gasteiger partial charge in [0, 0.05) is 16.0 Å². The van der Waals surface area contributed by atoms with E-state index in [1.54, 1.807) is 4.57 Å². The molecular weight excluding hydrogens is 585 g/mol. The van der Waals surface area contributed by atoms with Crippen LogP contribution in [0.4, 0.5) is 4.39 Å². The summed E-state index contributed by atoms with van der Waals surface area (Å²) in [5.41, 5.74) is 3.16. The van der Waals surface area contributed by atoms with Crippen LogP contribution in [0.3, 0.4) is 0 Å². The summed E-state index contributed by atoms with van der Waals surface area (Å²) in [6, 6.07) is 22.6. The zero-order chi connectivity index (χ0) is 30.8. The van der Waals surface area contributed by atoms with Gasteiger partial charge in [0.05, 0.1) is 18.5 Å². The number of nitrogens with one attached hydrogen (secondary N) is 1. The second-order valence-corrected chi connectivity index (χ2v) is 11.1. The maximum atomic E-state index is 14.0. The minimum absolute atomic E-state index is 0.162. The number of aromatic amines is 1. The average molecular weight is 612 g/mol. The molecule has 0 radical (unpaired) electrons. The smallest absolute Gasteiger partial charge is 0.399 e. The molecule has 44 heavy (non-hydrogen) atoms. The van der Waals surface area contributed by atoms with Crippen LogP contribution < -0.4 is 17.0 Å². The lowest BCUT2D eigenvalue weighted by Gasteiger charge is -2.14. The Bertz CT molecular complexity index is 2170. The van der Waals surface area contributed by atoms with Gasteiger partial charge in [-0.3, -0.25) is 23.4 Å². The minimum atomic E-state index is -0.638. The Balaban J connectivity index is 1.40. The first-order valence-electron chi connectivity index (χ1n) is 13.7. The van der Waals surface area contributed by atoms with Crippen molar-refractivity contribution in [3.8, 4) is 22.5 Å². The van der Waals surface area contributed by atoms with E-state index in [2.05, 4.69) is 15.3 Å². The Morgan fingerprint density at radius 1 is 1.00 bits per heavy atom. The van der Waals surface area contributed by atoms with Crippen molar-refractivity contribution >= 4 is 27.3 Å². The van der Waals surface area contributed by atoms with Gasteiger partial charge in [-0.2, -0.15) is 0 Å². The predicted molar refractivity (Wildman–Crippen MR) is 167 cm³/mol. The van der Waals surface area contributed by atoms with Crippen LogP contribution >= 0.6 is 11.3 Å². The minimum Gasteiger partial charge on any atom is -0.399 e. The molecule has 0 fully saturated rings. The van der Waals surface area contributed by atoms with E-state index in [0.29, 0.717) is 39.3 Å². The van der Waals surface area contributed by atoms with Crippen molar-refractivity contribution < 1.29 is 13.8 Å². The van der Waals surface area contributed by atoms with Crippen molar-refractivity contribution in [2.45, 2.75) is 26.4 Å². The van der Waals surface area contributed by atoms with Crippen molar-refractivity contribution in [2.24, 2.45) is 5.16 Å². The SMILES string of the molecule is CCc1cc2c(=O)n(CC(=NOC)c3ccc(F)cc3)c(=O)n(Cc3ccc(-c4ccccc4-c4noc(=O)[nH]4)cc3)c2s1. The number of thiophene rings is 1. The number of halogens is 1. The third-order valence-electron chi connectivity index (χ3n) is 7.21. The number of benzene rings is 3. The van der Waals surface area contributed by atoms with Gasteiger partial charge < -0.3 is 4.84 Å². The standard InChI is InChI=1S/C32H26FN5O5S/c1-3-23-16-26-29(39)37(18-27(35-42-2)21-12-14-22(33)15-13-21)32(41)38(30(26)44-23)17-19-8-10-20(11-9-19)24-6-4-5-7-25(24)28-34-31(40)43-36-28/h4-16H,3,17-18H2,1-2H3,(H,34,36,40). The number of rotatable bonds is 9. The van der Waals surface area contributed by atoms with Gasteiger partial charge in [-0.15, -0.1) is 11.3 Å². The van der Waals surface area contributed by atoms with Gasteiger partial charge in [0.15, 0.2) is 5.82 Å². The predicted octanol–water partition coefficient (Wildman–Crippen LogP) is 5.04. The van der Waals surface area contributed by atoms with E-state index < -0.39 is 22.8 Å². The van der Waals surface area contributed by atoms with E-state index in [0.717, 1.165) is 26.1 Å². The first-order valence-corrected chi connectivity index (χ1v) is 14.5. The largest absolute Gasteiger partial charge is 0.439 e. The second kappa shape index (κ2) is 12.1. The van der Waals surface area contributed by atoms with E-state index in [1.807, 2.05) is 61.5 Å². The van der Waals surface area contributed by atoms with Gasteiger partial charge >= 0.3 is 11.4 Å². The molecule has 0 saturated heterocycles. The maximum Gasteiger partial charge on any atom is 0.439 e. The lowest BCUT2D eigenvalue weighted by atomic mass is 9.98. The molecule has 10 nitrogen and oxygen atoms in total. The molecule has 6 aromatic rings. The van der Waals surface area contributed by atoms with Crippen molar-refractivity contribution in [3.05, 3.63) is 132 Å². The Morgan fingerprint density at radius 2 is 1.73 bits per heavy atom. The summed E-state index contributed by atoms with van der Waals surface area (Å²) < 4.78 is 21.0. The molecule has 0 saturated carbocycles. The number of fused-ring (bicyclic) bond motifs is 1. The highest BCUT2D eigenvalue weighted by Crippen LogP contribution is 2.30. The van der Waals surface area contributed by atoms with Gasteiger partial charge in [-0.05, 0) is 41.3 Å².